The van der Waals surface area contributed by atoms with Gasteiger partial charge in [-0.25, -0.2) is 0 Å². The molecule has 24 heavy (non-hydrogen) atoms. The fraction of sp³-hybridized carbons (Fsp3) is 0.556. The highest BCUT2D eigenvalue weighted by Gasteiger charge is 2.37. The van der Waals surface area contributed by atoms with Crippen LogP contribution in [0.4, 0.5) is 0 Å². The number of carbonyl (C=O) groups is 2. The molecule has 0 aliphatic rings. The molecule has 1 aromatic rings. The molecule has 0 aliphatic carbocycles. The molecule has 0 unspecified atom stereocenters. The smallest absolute Gasteiger partial charge is 0.240 e. The van der Waals surface area contributed by atoms with Crippen LogP contribution < -0.4 is 11.1 Å². The lowest BCUT2D eigenvalue weighted by Crippen LogP contribution is -2.47. The van der Waals surface area contributed by atoms with E-state index >= 15 is 0 Å². The third-order valence-corrected chi connectivity index (χ3v) is 9.10. The molecule has 134 valence electrons. The van der Waals surface area contributed by atoms with Crippen LogP contribution in [-0.4, -0.2) is 32.8 Å². The molecular formula is C18H30N2O3Si. The Balaban J connectivity index is 2.53. The van der Waals surface area contributed by atoms with Crippen LogP contribution in [-0.2, 0) is 20.4 Å². The van der Waals surface area contributed by atoms with Crippen LogP contribution in [0.15, 0.2) is 30.3 Å². The van der Waals surface area contributed by atoms with Crippen LogP contribution >= 0.6 is 0 Å². The maximum atomic E-state index is 12.1. The highest BCUT2D eigenvalue weighted by Crippen LogP contribution is 2.36. The van der Waals surface area contributed by atoms with Crippen molar-refractivity contribution in [1.29, 1.82) is 0 Å². The van der Waals surface area contributed by atoms with Crippen LogP contribution in [0.2, 0.25) is 18.1 Å². The van der Waals surface area contributed by atoms with Gasteiger partial charge in [0.1, 0.15) is 6.04 Å². The van der Waals surface area contributed by atoms with Crippen molar-refractivity contribution in [3.63, 3.8) is 0 Å². The zero-order chi connectivity index (χ0) is 18.4. The van der Waals surface area contributed by atoms with Crippen LogP contribution in [0.5, 0.6) is 0 Å². The second-order valence-electron chi connectivity index (χ2n) is 7.58. The van der Waals surface area contributed by atoms with E-state index in [4.69, 9.17) is 10.2 Å². The second kappa shape index (κ2) is 8.44. The lowest BCUT2D eigenvalue weighted by Gasteiger charge is -2.36. The first-order chi connectivity index (χ1) is 11.0. The molecule has 1 atom stereocenters. The zero-order valence-electron chi connectivity index (χ0n) is 15.4. The average Bonchev–Trinajstić information content (AvgIpc) is 2.45. The van der Waals surface area contributed by atoms with Gasteiger partial charge < -0.3 is 15.5 Å². The third-order valence-electron chi connectivity index (χ3n) is 4.56. The average molecular weight is 351 g/mol. The van der Waals surface area contributed by atoms with Gasteiger partial charge in [-0.05, 0) is 30.1 Å². The Morgan fingerprint density at radius 3 is 2.29 bits per heavy atom. The monoisotopic (exact) mass is 350 g/mol. The van der Waals surface area contributed by atoms with Crippen molar-refractivity contribution in [2.24, 2.45) is 5.73 Å². The summed E-state index contributed by atoms with van der Waals surface area (Å²) in [6.45, 7) is 11.2. The fourth-order valence-electron chi connectivity index (χ4n) is 1.96. The molecule has 2 amide bonds. The Morgan fingerprint density at radius 2 is 1.79 bits per heavy atom. The van der Waals surface area contributed by atoms with Crippen LogP contribution in [0.3, 0.4) is 0 Å². The van der Waals surface area contributed by atoms with Gasteiger partial charge in [0, 0.05) is 6.61 Å². The van der Waals surface area contributed by atoms with E-state index < -0.39 is 20.3 Å². The molecule has 5 nitrogen and oxygen atoms in total. The molecular weight excluding hydrogens is 320 g/mol. The van der Waals surface area contributed by atoms with Gasteiger partial charge in [0.25, 0.3) is 0 Å². The second-order valence-corrected chi connectivity index (χ2v) is 12.4. The number of nitrogens with one attached hydrogen (secondary N) is 1. The summed E-state index contributed by atoms with van der Waals surface area (Å²) in [7, 11) is -1.87. The van der Waals surface area contributed by atoms with Gasteiger partial charge in [-0.2, -0.15) is 0 Å². The van der Waals surface area contributed by atoms with E-state index in [1.54, 1.807) is 0 Å². The number of primary amides is 1. The van der Waals surface area contributed by atoms with E-state index in [-0.39, 0.29) is 17.4 Å². The van der Waals surface area contributed by atoms with E-state index in [0.29, 0.717) is 13.0 Å². The summed E-state index contributed by atoms with van der Waals surface area (Å²) in [5, 5.41) is 2.81. The predicted octanol–water partition coefficient (Wildman–Crippen LogP) is 2.61. The van der Waals surface area contributed by atoms with E-state index in [9.17, 15) is 9.59 Å². The molecule has 0 fully saturated rings. The molecule has 0 saturated heterocycles. The van der Waals surface area contributed by atoms with Gasteiger partial charge in [-0.15, -0.1) is 0 Å². The standard InChI is InChI=1S/C18H30N2O3Si/c1-18(2,3)24(4,5)23-12-11-15(17(19)22)20-16(21)13-14-9-7-6-8-10-14/h6-10,15H,11-13H2,1-5H3,(H2,19,22)(H,20,21)/t15-/m0/s1. The molecule has 0 aromatic heterocycles. The molecule has 0 aliphatic heterocycles. The Kier molecular flexibility index (Phi) is 7.17. The van der Waals surface area contributed by atoms with Crippen molar-refractivity contribution in [1.82, 2.24) is 5.32 Å². The number of hydrogen-bond donors (Lipinski definition) is 2. The van der Waals surface area contributed by atoms with Crippen molar-refractivity contribution in [2.45, 2.75) is 57.8 Å². The maximum absolute atomic E-state index is 12.1. The molecule has 0 saturated carbocycles. The van der Waals surface area contributed by atoms with E-state index in [0.717, 1.165) is 5.56 Å². The minimum atomic E-state index is -1.87. The molecule has 0 heterocycles. The summed E-state index contributed by atoms with van der Waals surface area (Å²) in [6, 6.07) is 8.69. The van der Waals surface area contributed by atoms with E-state index in [1.165, 1.54) is 0 Å². The SMILES string of the molecule is CC(C)(C)[Si](C)(C)OCC[C@H](NC(=O)Cc1ccccc1)C(N)=O. The first kappa shape index (κ1) is 20.4. The minimum Gasteiger partial charge on any atom is -0.417 e. The summed E-state index contributed by atoms with van der Waals surface area (Å²) in [4.78, 5) is 23.7. The van der Waals surface area contributed by atoms with Gasteiger partial charge in [0.05, 0.1) is 6.42 Å². The summed E-state index contributed by atoms with van der Waals surface area (Å²) in [6.07, 6.45) is 0.621. The summed E-state index contributed by atoms with van der Waals surface area (Å²) >= 11 is 0. The number of hydrogen-bond acceptors (Lipinski definition) is 3. The summed E-state index contributed by atoms with van der Waals surface area (Å²) in [5.41, 5.74) is 6.31. The lowest BCUT2D eigenvalue weighted by atomic mass is 10.1. The highest BCUT2D eigenvalue weighted by atomic mass is 28.4. The van der Waals surface area contributed by atoms with Crippen molar-refractivity contribution in [2.75, 3.05) is 6.61 Å². The number of nitrogens with two attached hydrogens (primary N) is 1. The van der Waals surface area contributed by atoms with Crippen molar-refractivity contribution in [3.05, 3.63) is 35.9 Å². The summed E-state index contributed by atoms with van der Waals surface area (Å²) < 4.78 is 6.05. The molecule has 0 bridgehead atoms. The number of benzene rings is 1. The van der Waals surface area contributed by atoms with E-state index in [1.807, 2.05) is 30.3 Å². The molecule has 6 heteroatoms. The molecule has 0 radical (unpaired) electrons. The van der Waals surface area contributed by atoms with Gasteiger partial charge >= 0.3 is 0 Å². The largest absolute Gasteiger partial charge is 0.417 e. The van der Waals surface area contributed by atoms with Crippen LogP contribution in [0.1, 0.15) is 32.8 Å². The summed E-state index contributed by atoms with van der Waals surface area (Å²) in [5.74, 6) is -0.743. The van der Waals surface area contributed by atoms with Crippen LogP contribution in [0.25, 0.3) is 0 Å². The Labute approximate surface area is 146 Å². The Morgan fingerprint density at radius 1 is 1.21 bits per heavy atom. The van der Waals surface area contributed by atoms with Crippen molar-refractivity contribution >= 4 is 20.1 Å². The normalized spacial score (nSPS) is 13.4. The first-order valence-corrected chi connectivity index (χ1v) is 11.2. The van der Waals surface area contributed by atoms with Gasteiger partial charge in [0.15, 0.2) is 8.32 Å². The van der Waals surface area contributed by atoms with Gasteiger partial charge in [-0.3, -0.25) is 9.59 Å². The van der Waals surface area contributed by atoms with Gasteiger partial charge in [-0.1, -0.05) is 51.1 Å². The van der Waals surface area contributed by atoms with Gasteiger partial charge in [0.2, 0.25) is 11.8 Å². The number of amides is 2. The fourth-order valence-corrected chi connectivity index (χ4v) is 3.02. The molecule has 1 rings (SSSR count). The predicted molar refractivity (Wildman–Crippen MR) is 99.0 cm³/mol. The zero-order valence-corrected chi connectivity index (χ0v) is 16.4. The molecule has 0 spiro atoms. The van der Waals surface area contributed by atoms with Crippen LogP contribution in [0, 0.1) is 0 Å². The first-order valence-electron chi connectivity index (χ1n) is 8.29. The van der Waals surface area contributed by atoms with Crippen molar-refractivity contribution in [3.8, 4) is 0 Å². The quantitative estimate of drug-likeness (QED) is 0.707. The van der Waals surface area contributed by atoms with E-state index in [2.05, 4.69) is 39.2 Å². The minimum absolute atomic E-state index is 0.103. The van der Waals surface area contributed by atoms with Crippen molar-refractivity contribution < 1.29 is 14.0 Å². The number of rotatable bonds is 8. The highest BCUT2D eigenvalue weighted by molar-refractivity contribution is 6.74. The maximum Gasteiger partial charge on any atom is 0.240 e. The Bertz CT molecular complexity index is 553. The third kappa shape index (κ3) is 6.45. The topological polar surface area (TPSA) is 81.4 Å². The molecule has 3 N–H and O–H groups in total. The number of carbonyl (C=O) groups excluding carboxylic acids is 2. The lowest BCUT2D eigenvalue weighted by molar-refractivity contribution is -0.127. The Hall–Kier alpha value is -1.66. The molecule has 1 aromatic carbocycles.